The van der Waals surface area contributed by atoms with E-state index in [1.807, 2.05) is 24.6 Å². The minimum Gasteiger partial charge on any atom is -0.477 e. The molecule has 1 aromatic heterocycles. The molecule has 0 aromatic carbocycles. The second kappa shape index (κ2) is 3.94. The molecule has 2 heterocycles. The highest BCUT2D eigenvalue weighted by molar-refractivity contribution is 5.85. The van der Waals surface area contributed by atoms with Crippen molar-refractivity contribution in [2.75, 3.05) is 6.61 Å². The normalized spacial score (nSPS) is 24.2. The summed E-state index contributed by atoms with van der Waals surface area (Å²) in [6.07, 6.45) is 3.57. The van der Waals surface area contributed by atoms with Crippen LogP contribution in [0.4, 0.5) is 0 Å². The maximum absolute atomic E-state index is 11.0. The lowest BCUT2D eigenvalue weighted by Gasteiger charge is -2.36. The van der Waals surface area contributed by atoms with Gasteiger partial charge in [-0.15, -0.1) is 0 Å². The van der Waals surface area contributed by atoms with E-state index in [-0.39, 0.29) is 11.6 Å². The van der Waals surface area contributed by atoms with Gasteiger partial charge in [-0.25, -0.2) is 4.79 Å². The van der Waals surface area contributed by atoms with E-state index in [4.69, 9.17) is 9.84 Å². The van der Waals surface area contributed by atoms with Gasteiger partial charge in [0, 0.05) is 18.8 Å². The Morgan fingerprint density at radius 1 is 1.62 bits per heavy atom. The monoisotopic (exact) mass is 223 g/mol. The number of hydrogen-bond acceptors (Lipinski definition) is 2. The third-order valence-electron chi connectivity index (χ3n) is 3.06. The zero-order valence-electron chi connectivity index (χ0n) is 9.64. The Balaban J connectivity index is 2.23. The first-order valence-electron chi connectivity index (χ1n) is 5.54. The van der Waals surface area contributed by atoms with E-state index < -0.39 is 5.97 Å². The van der Waals surface area contributed by atoms with E-state index in [1.165, 1.54) is 0 Å². The van der Waals surface area contributed by atoms with Crippen LogP contribution < -0.4 is 0 Å². The molecule has 88 valence electrons. The molecule has 2 rings (SSSR count). The zero-order valence-corrected chi connectivity index (χ0v) is 9.64. The van der Waals surface area contributed by atoms with Crippen LogP contribution in [0.2, 0.25) is 0 Å². The van der Waals surface area contributed by atoms with Crippen molar-refractivity contribution in [1.82, 2.24) is 4.57 Å². The Morgan fingerprint density at radius 3 is 3.00 bits per heavy atom. The van der Waals surface area contributed by atoms with Crippen LogP contribution in [0, 0.1) is 0 Å². The minimum absolute atomic E-state index is 0.164. The summed E-state index contributed by atoms with van der Waals surface area (Å²) < 4.78 is 7.49. The standard InChI is InChI=1S/C12H17NO3/c1-12(2)8-9(5-7-16-12)13-6-3-4-10(13)11(14)15/h3-4,6,9H,5,7-8H2,1-2H3,(H,14,15). The molecular formula is C12H17NO3. The lowest BCUT2D eigenvalue weighted by molar-refractivity contribution is -0.0693. The minimum atomic E-state index is -0.866. The van der Waals surface area contributed by atoms with Gasteiger partial charge < -0.3 is 14.4 Å². The highest BCUT2D eigenvalue weighted by Gasteiger charge is 2.30. The van der Waals surface area contributed by atoms with Crippen molar-refractivity contribution in [2.45, 2.75) is 38.3 Å². The molecule has 0 aliphatic carbocycles. The Kier molecular flexibility index (Phi) is 2.76. The molecule has 1 atom stereocenters. The molecule has 1 aliphatic heterocycles. The maximum atomic E-state index is 11.0. The van der Waals surface area contributed by atoms with E-state index in [9.17, 15) is 4.79 Å². The third-order valence-corrected chi connectivity index (χ3v) is 3.06. The fraction of sp³-hybridized carbons (Fsp3) is 0.583. The second-order valence-electron chi connectivity index (χ2n) is 4.86. The molecule has 1 fully saturated rings. The molecule has 1 unspecified atom stereocenters. The van der Waals surface area contributed by atoms with Crippen LogP contribution >= 0.6 is 0 Å². The van der Waals surface area contributed by atoms with Gasteiger partial charge in [0.2, 0.25) is 0 Å². The first-order valence-corrected chi connectivity index (χ1v) is 5.54. The van der Waals surface area contributed by atoms with E-state index >= 15 is 0 Å². The van der Waals surface area contributed by atoms with E-state index in [2.05, 4.69) is 0 Å². The topological polar surface area (TPSA) is 51.5 Å². The van der Waals surface area contributed by atoms with Crippen LogP contribution in [0.25, 0.3) is 0 Å². The van der Waals surface area contributed by atoms with Crippen LogP contribution in [-0.4, -0.2) is 27.9 Å². The smallest absolute Gasteiger partial charge is 0.352 e. The van der Waals surface area contributed by atoms with Crippen molar-refractivity contribution in [3.8, 4) is 0 Å². The molecule has 1 saturated heterocycles. The number of carboxylic acids is 1. The fourth-order valence-corrected chi connectivity index (χ4v) is 2.33. The van der Waals surface area contributed by atoms with Gasteiger partial charge in [0.25, 0.3) is 0 Å². The van der Waals surface area contributed by atoms with Gasteiger partial charge in [0.1, 0.15) is 5.69 Å². The van der Waals surface area contributed by atoms with Gasteiger partial charge in [-0.05, 0) is 38.8 Å². The number of aromatic carboxylic acids is 1. The van der Waals surface area contributed by atoms with Crippen LogP contribution in [0.1, 0.15) is 43.2 Å². The van der Waals surface area contributed by atoms with Crippen molar-refractivity contribution in [2.24, 2.45) is 0 Å². The van der Waals surface area contributed by atoms with Crippen LogP contribution in [0.5, 0.6) is 0 Å². The summed E-state index contributed by atoms with van der Waals surface area (Å²) in [6, 6.07) is 3.65. The first kappa shape index (κ1) is 11.2. The molecule has 0 saturated carbocycles. The largest absolute Gasteiger partial charge is 0.477 e. The number of ether oxygens (including phenoxy) is 1. The number of carboxylic acid groups (broad SMARTS) is 1. The van der Waals surface area contributed by atoms with E-state index in [0.717, 1.165) is 12.8 Å². The number of hydrogen-bond donors (Lipinski definition) is 1. The summed E-state index contributed by atoms with van der Waals surface area (Å²) in [5.74, 6) is -0.866. The van der Waals surface area contributed by atoms with Crippen molar-refractivity contribution < 1.29 is 14.6 Å². The zero-order chi connectivity index (χ0) is 11.8. The van der Waals surface area contributed by atoms with Crippen molar-refractivity contribution >= 4 is 5.97 Å². The molecule has 1 aliphatic rings. The van der Waals surface area contributed by atoms with Crippen molar-refractivity contribution in [3.05, 3.63) is 24.0 Å². The lowest BCUT2D eigenvalue weighted by atomic mass is 9.93. The Bertz CT molecular complexity index is 395. The van der Waals surface area contributed by atoms with Crippen molar-refractivity contribution in [3.63, 3.8) is 0 Å². The molecule has 1 aromatic rings. The summed E-state index contributed by atoms with van der Waals surface area (Å²) in [7, 11) is 0. The first-order chi connectivity index (χ1) is 7.49. The Morgan fingerprint density at radius 2 is 2.38 bits per heavy atom. The lowest BCUT2D eigenvalue weighted by Crippen LogP contribution is -2.35. The third kappa shape index (κ3) is 2.11. The molecule has 1 N–H and O–H groups in total. The van der Waals surface area contributed by atoms with Crippen LogP contribution in [0.15, 0.2) is 18.3 Å². The summed E-state index contributed by atoms with van der Waals surface area (Å²) in [4.78, 5) is 11.0. The second-order valence-corrected chi connectivity index (χ2v) is 4.86. The van der Waals surface area contributed by atoms with Crippen molar-refractivity contribution in [1.29, 1.82) is 0 Å². The predicted octanol–water partition coefficient (Wildman–Crippen LogP) is 2.32. The van der Waals surface area contributed by atoms with Gasteiger partial charge in [-0.2, -0.15) is 0 Å². The Hall–Kier alpha value is -1.29. The molecule has 0 amide bonds. The number of aromatic nitrogens is 1. The average Bonchev–Trinajstić information content (AvgIpc) is 2.64. The quantitative estimate of drug-likeness (QED) is 0.837. The van der Waals surface area contributed by atoms with Gasteiger partial charge in [-0.1, -0.05) is 0 Å². The van der Waals surface area contributed by atoms with E-state index in [1.54, 1.807) is 12.1 Å². The maximum Gasteiger partial charge on any atom is 0.352 e. The SMILES string of the molecule is CC1(C)CC(n2cccc2C(=O)O)CCO1. The molecule has 0 radical (unpaired) electrons. The average molecular weight is 223 g/mol. The van der Waals surface area contributed by atoms with Gasteiger partial charge in [0.05, 0.1) is 5.60 Å². The molecule has 16 heavy (non-hydrogen) atoms. The van der Waals surface area contributed by atoms with Gasteiger partial charge >= 0.3 is 5.97 Å². The summed E-state index contributed by atoms with van der Waals surface area (Å²) in [6.45, 7) is 4.78. The molecule has 4 heteroatoms. The molecule has 4 nitrogen and oxygen atoms in total. The van der Waals surface area contributed by atoms with Crippen LogP contribution in [0.3, 0.4) is 0 Å². The molecule has 0 spiro atoms. The molecule has 0 bridgehead atoms. The Labute approximate surface area is 94.8 Å². The number of carbonyl (C=O) groups is 1. The van der Waals surface area contributed by atoms with Gasteiger partial charge in [-0.3, -0.25) is 0 Å². The van der Waals surface area contributed by atoms with Crippen LogP contribution in [-0.2, 0) is 4.74 Å². The number of nitrogens with zero attached hydrogens (tertiary/aromatic N) is 1. The molecular weight excluding hydrogens is 206 g/mol. The summed E-state index contributed by atoms with van der Waals surface area (Å²) in [5, 5.41) is 9.06. The number of rotatable bonds is 2. The predicted molar refractivity (Wildman–Crippen MR) is 59.7 cm³/mol. The highest BCUT2D eigenvalue weighted by atomic mass is 16.5. The van der Waals surface area contributed by atoms with Gasteiger partial charge in [0.15, 0.2) is 0 Å². The van der Waals surface area contributed by atoms with E-state index in [0.29, 0.717) is 12.3 Å². The highest BCUT2D eigenvalue weighted by Crippen LogP contribution is 2.32. The summed E-state index contributed by atoms with van der Waals surface area (Å²) in [5.41, 5.74) is 0.200. The summed E-state index contributed by atoms with van der Waals surface area (Å²) >= 11 is 0. The fourth-order valence-electron chi connectivity index (χ4n) is 2.33.